The Kier molecular flexibility index (Phi) is 7.71. The predicted molar refractivity (Wildman–Crippen MR) is 81.4 cm³/mol. The van der Waals surface area contributed by atoms with Crippen LogP contribution in [0.5, 0.6) is 0 Å². The van der Waals surface area contributed by atoms with Gasteiger partial charge in [-0.15, -0.1) is 0 Å². The molecule has 0 spiro atoms. The number of hydrogen-bond donors (Lipinski definition) is 1. The summed E-state index contributed by atoms with van der Waals surface area (Å²) in [6.07, 6.45) is 0.762. The van der Waals surface area contributed by atoms with Crippen LogP contribution in [-0.2, 0) is 18.1 Å². The van der Waals surface area contributed by atoms with Crippen LogP contribution < -0.4 is 0 Å². The third kappa shape index (κ3) is 5.12. The molecule has 0 aliphatic carbocycles. The van der Waals surface area contributed by atoms with E-state index < -0.39 is 8.80 Å². The maximum atomic E-state index is 11.4. The Hall–Kier alpha value is 0.0769. The van der Waals surface area contributed by atoms with Gasteiger partial charge in [-0.25, -0.2) is 0 Å². The van der Waals surface area contributed by atoms with Gasteiger partial charge in [0.25, 0.3) is 0 Å². The Morgan fingerprint density at radius 3 is 2.55 bits per heavy atom. The summed E-state index contributed by atoms with van der Waals surface area (Å²) in [4.78, 5) is 11.4. The number of aliphatic hydroxyl groups is 1. The lowest BCUT2D eigenvalue weighted by molar-refractivity contribution is -0.109. The second kappa shape index (κ2) is 8.50. The molecular weight excluding hydrogens is 296 g/mol. The van der Waals surface area contributed by atoms with Crippen molar-refractivity contribution in [1.29, 1.82) is 0 Å². The molecule has 20 heavy (non-hydrogen) atoms. The first-order valence-electron chi connectivity index (χ1n) is 7.13. The SMILES string of the molecule is CCC(SC(C)=O)[Si]1(OCC(C)CO)OCC(C)CO1. The average Bonchev–Trinajstić information content (AvgIpc) is 2.44. The zero-order valence-electron chi connectivity index (χ0n) is 12.8. The largest absolute Gasteiger partial charge is 0.515 e. The highest BCUT2D eigenvalue weighted by atomic mass is 32.2. The molecule has 1 N–H and O–H groups in total. The van der Waals surface area contributed by atoms with Crippen molar-refractivity contribution in [2.75, 3.05) is 26.4 Å². The number of rotatable bonds is 7. The van der Waals surface area contributed by atoms with Crippen molar-refractivity contribution in [2.45, 2.75) is 39.0 Å². The number of carbonyl (C=O) groups is 1. The minimum atomic E-state index is -2.86. The summed E-state index contributed by atoms with van der Waals surface area (Å²) in [5.41, 5.74) is 0. The molecule has 0 saturated carbocycles. The number of carbonyl (C=O) groups excluding carboxylic acids is 1. The van der Waals surface area contributed by atoms with Crippen LogP contribution in [0.15, 0.2) is 0 Å². The van der Waals surface area contributed by atoms with Gasteiger partial charge in [0.05, 0.1) is 4.87 Å². The molecule has 0 radical (unpaired) electrons. The van der Waals surface area contributed by atoms with Crippen molar-refractivity contribution in [3.8, 4) is 0 Å². The fourth-order valence-electron chi connectivity index (χ4n) is 1.89. The van der Waals surface area contributed by atoms with E-state index in [1.54, 1.807) is 6.92 Å². The third-order valence-corrected chi connectivity index (χ3v) is 8.17. The maximum Gasteiger partial charge on any atom is 0.515 e. The minimum Gasteiger partial charge on any atom is -0.396 e. The van der Waals surface area contributed by atoms with Gasteiger partial charge in [0.2, 0.25) is 0 Å². The van der Waals surface area contributed by atoms with Crippen LogP contribution in [0.1, 0.15) is 34.1 Å². The summed E-state index contributed by atoms with van der Waals surface area (Å²) < 4.78 is 17.9. The maximum absolute atomic E-state index is 11.4. The predicted octanol–water partition coefficient (Wildman–Crippen LogP) is 1.85. The van der Waals surface area contributed by atoms with Gasteiger partial charge in [0, 0.05) is 45.2 Å². The number of thioether (sulfide) groups is 1. The molecule has 0 amide bonds. The molecule has 5 nitrogen and oxygen atoms in total. The lowest BCUT2D eigenvalue weighted by Crippen LogP contribution is -2.59. The van der Waals surface area contributed by atoms with E-state index in [0.29, 0.717) is 25.7 Å². The molecular formula is C13H26O5SSi. The summed E-state index contributed by atoms with van der Waals surface area (Å²) in [7, 11) is -2.86. The Bertz CT molecular complexity index is 307. The molecule has 0 aromatic rings. The molecule has 7 heteroatoms. The summed E-state index contributed by atoms with van der Waals surface area (Å²) in [6, 6.07) is 0. The standard InChI is InChI=1S/C13H26O5SSi/c1-5-13(19-12(4)15)20(16-7-10(2)6-14)17-8-11(3)9-18-20/h10-11,13-14H,5-9H2,1-4H3. The monoisotopic (exact) mass is 322 g/mol. The first-order valence-corrected chi connectivity index (χ1v) is 9.81. The molecule has 1 heterocycles. The van der Waals surface area contributed by atoms with Gasteiger partial charge in [0.15, 0.2) is 5.12 Å². The van der Waals surface area contributed by atoms with Gasteiger partial charge >= 0.3 is 8.80 Å². The quantitative estimate of drug-likeness (QED) is 0.722. The highest BCUT2D eigenvalue weighted by Gasteiger charge is 2.52. The second-order valence-corrected chi connectivity index (χ2v) is 10.0. The fraction of sp³-hybridized carbons (Fsp3) is 0.923. The van der Waals surface area contributed by atoms with Gasteiger partial charge in [-0.3, -0.25) is 4.79 Å². The zero-order chi connectivity index (χ0) is 15.2. The first-order chi connectivity index (χ1) is 9.43. The highest BCUT2D eigenvalue weighted by Crippen LogP contribution is 2.32. The van der Waals surface area contributed by atoms with E-state index >= 15 is 0 Å². The third-order valence-electron chi connectivity index (χ3n) is 3.09. The highest BCUT2D eigenvalue weighted by molar-refractivity contribution is 8.15. The first kappa shape index (κ1) is 18.1. The van der Waals surface area contributed by atoms with Gasteiger partial charge in [0.1, 0.15) is 0 Å². The summed E-state index contributed by atoms with van der Waals surface area (Å²) in [5, 5.41) is 9.18. The van der Waals surface area contributed by atoms with E-state index in [-0.39, 0.29) is 22.5 Å². The van der Waals surface area contributed by atoms with Crippen LogP contribution in [0.2, 0.25) is 0 Å². The molecule has 0 aromatic carbocycles. The lowest BCUT2D eigenvalue weighted by atomic mass is 10.2. The molecule has 0 bridgehead atoms. The van der Waals surface area contributed by atoms with Crippen LogP contribution in [0, 0.1) is 11.8 Å². The molecule has 1 rings (SSSR count). The van der Waals surface area contributed by atoms with Crippen LogP contribution in [0.4, 0.5) is 0 Å². The summed E-state index contributed by atoms with van der Waals surface area (Å²) in [5.74, 6) is 0.375. The van der Waals surface area contributed by atoms with E-state index in [1.165, 1.54) is 11.8 Å². The van der Waals surface area contributed by atoms with E-state index in [9.17, 15) is 4.79 Å². The van der Waals surface area contributed by atoms with Crippen LogP contribution in [0.25, 0.3) is 0 Å². The molecule has 118 valence electrons. The van der Waals surface area contributed by atoms with Crippen LogP contribution in [0.3, 0.4) is 0 Å². The van der Waals surface area contributed by atoms with Crippen LogP contribution in [-0.4, -0.2) is 50.3 Å². The smallest absolute Gasteiger partial charge is 0.396 e. The Morgan fingerprint density at radius 2 is 2.10 bits per heavy atom. The number of hydrogen-bond acceptors (Lipinski definition) is 6. The van der Waals surface area contributed by atoms with E-state index in [1.807, 2.05) is 13.8 Å². The topological polar surface area (TPSA) is 65.0 Å². The molecule has 0 aromatic heterocycles. The Balaban J connectivity index is 2.79. The Morgan fingerprint density at radius 1 is 1.50 bits per heavy atom. The van der Waals surface area contributed by atoms with Crippen molar-refractivity contribution in [2.24, 2.45) is 11.8 Å². The van der Waals surface area contributed by atoms with E-state index in [0.717, 1.165) is 6.42 Å². The van der Waals surface area contributed by atoms with Gasteiger partial charge in [-0.2, -0.15) is 0 Å². The number of aliphatic hydroxyl groups excluding tert-OH is 1. The second-order valence-electron chi connectivity index (χ2n) is 5.44. The minimum absolute atomic E-state index is 0.0331. The lowest BCUT2D eigenvalue weighted by Gasteiger charge is -2.40. The van der Waals surface area contributed by atoms with Crippen molar-refractivity contribution in [3.63, 3.8) is 0 Å². The van der Waals surface area contributed by atoms with E-state index in [2.05, 4.69) is 6.92 Å². The van der Waals surface area contributed by atoms with Crippen molar-refractivity contribution in [1.82, 2.24) is 0 Å². The molecule has 1 aliphatic rings. The van der Waals surface area contributed by atoms with Gasteiger partial charge < -0.3 is 18.4 Å². The van der Waals surface area contributed by atoms with Crippen molar-refractivity contribution in [3.05, 3.63) is 0 Å². The molecule has 1 fully saturated rings. The van der Waals surface area contributed by atoms with Crippen molar-refractivity contribution < 1.29 is 23.2 Å². The fourth-order valence-corrected chi connectivity index (χ4v) is 7.00. The summed E-state index contributed by atoms with van der Waals surface area (Å²) in [6.45, 7) is 9.21. The summed E-state index contributed by atoms with van der Waals surface area (Å²) >= 11 is 1.25. The van der Waals surface area contributed by atoms with Gasteiger partial charge in [-0.05, 0) is 6.42 Å². The van der Waals surface area contributed by atoms with Gasteiger partial charge in [-0.1, -0.05) is 32.5 Å². The molecule has 1 saturated heterocycles. The molecule has 2 unspecified atom stereocenters. The normalized spacial score (nSPS) is 29.9. The average molecular weight is 322 g/mol. The van der Waals surface area contributed by atoms with Crippen molar-refractivity contribution >= 4 is 25.7 Å². The Labute approximate surface area is 126 Å². The van der Waals surface area contributed by atoms with Crippen LogP contribution >= 0.6 is 11.8 Å². The zero-order valence-corrected chi connectivity index (χ0v) is 14.6. The van der Waals surface area contributed by atoms with E-state index in [4.69, 9.17) is 18.4 Å². The molecule has 1 aliphatic heterocycles. The molecule has 2 atom stereocenters.